The summed E-state index contributed by atoms with van der Waals surface area (Å²) >= 11 is 24.5. The van der Waals surface area contributed by atoms with Gasteiger partial charge in [-0.3, -0.25) is 19.9 Å². The van der Waals surface area contributed by atoms with Crippen LogP contribution in [0, 0.1) is 25.5 Å². The van der Waals surface area contributed by atoms with Crippen LogP contribution in [-0.2, 0) is 51.4 Å². The predicted octanol–water partition coefficient (Wildman–Crippen LogP) is 22.7. The first kappa shape index (κ1) is 96.8. The van der Waals surface area contributed by atoms with Crippen LogP contribution in [0.15, 0.2) is 255 Å². The normalized spacial score (nSPS) is 14.5. The Kier molecular flexibility index (Phi) is 32.6. The minimum Gasteiger partial charge on any atom is -0.355 e. The number of halogens is 6. The van der Waals surface area contributed by atoms with Gasteiger partial charge in [0.2, 0.25) is 11.9 Å². The van der Waals surface area contributed by atoms with Gasteiger partial charge in [0.1, 0.15) is 23.3 Å². The summed E-state index contributed by atoms with van der Waals surface area (Å²) in [5, 5.41) is 20.6. The van der Waals surface area contributed by atoms with Crippen LogP contribution in [0.25, 0.3) is 43.6 Å². The van der Waals surface area contributed by atoms with Crippen LogP contribution in [0.3, 0.4) is 0 Å². The Hall–Kier alpha value is -12.9. The van der Waals surface area contributed by atoms with Crippen LogP contribution in [0.1, 0.15) is 70.3 Å². The average Bonchev–Trinajstić information content (AvgIpc) is 0.822. The molecule has 4 N–H and O–H groups in total. The Morgan fingerprint density at radius 1 is 0.290 bits per heavy atom. The van der Waals surface area contributed by atoms with E-state index in [1.165, 1.54) is 23.3 Å². The number of rotatable bonds is 26. The Balaban J connectivity index is 0.000000127. The van der Waals surface area contributed by atoms with Gasteiger partial charge in [-0.05, 0) is 309 Å². The summed E-state index contributed by atoms with van der Waals surface area (Å²) in [6.07, 6.45) is 13.2. The van der Waals surface area contributed by atoms with Crippen LogP contribution in [0.4, 0.5) is 77.8 Å². The third kappa shape index (κ3) is 26.1. The standard InChI is InChI=1S/C28H31ClN6.C28H30ClN5.C27H28ClFN6.C27H27ClFN5/c1-3-34-13-15-35(16-14-34)28-31-20(2)17-24(33-28)9-7-21-5-4-6-23(18-21)32-26-11-12-30-27-19-22(29)8-10-25(26)27;1-2-33-15-17-34(18-16-33)28-8-4-6-23(32-28)11-9-21-5-3-7-24(19-21)31-26-13-14-30-27-20-22(29)10-12-25(26)27;1-18-15-21(33-27(31-18)35-13-11-34(2)12-14-35)5-3-19-16-22(6-8-24(19)29)32-25-9-10-30-26-17-20(28)4-7-23(25)26;1-33-13-15-34(16-14-33)27-4-2-3-21(32-27)7-5-19-17-22(8-10-24(19)29)31-25-11-12-30-26-18-20(28)6-9-23(25)26/h4-6,8,10-12,17-19H,3,7,9,13-16H2,1-2H3,(H,30,32);3-8,10,12-14,19-20H,2,9,11,15-18H2,1H3,(H,30,31);4,6-10,15-17H,3,5,11-14H2,1-2H3,(H,30,32);2-4,6,8-12,17-18H,5,7,13-16H2,1H3,(H,30,31). The third-order valence-electron chi connectivity index (χ3n) is 25.8. The first-order valence-corrected chi connectivity index (χ1v) is 49.2. The van der Waals surface area contributed by atoms with E-state index in [9.17, 15) is 8.78 Å². The zero-order valence-corrected chi connectivity index (χ0v) is 82.0. The van der Waals surface area contributed by atoms with E-state index in [2.05, 4.69) is 199 Å². The number of pyridine rings is 6. The van der Waals surface area contributed by atoms with Crippen molar-refractivity contribution in [3.8, 4) is 0 Å². The molecule has 0 saturated carbocycles. The minimum absolute atomic E-state index is 0.202. The Morgan fingerprint density at radius 2 is 0.609 bits per heavy atom. The lowest BCUT2D eigenvalue weighted by Crippen LogP contribution is -2.46. The smallest absolute Gasteiger partial charge is 0.225 e. The molecular formula is C110H116Cl4F2N22. The fourth-order valence-electron chi connectivity index (χ4n) is 17.8. The first-order valence-electron chi connectivity index (χ1n) is 47.7. The largest absolute Gasteiger partial charge is 0.355 e. The van der Waals surface area contributed by atoms with Crippen molar-refractivity contribution in [2.24, 2.45) is 0 Å². The van der Waals surface area contributed by atoms with Gasteiger partial charge in [0.15, 0.2) is 0 Å². The molecule has 4 aliphatic heterocycles. The molecule has 22 nitrogen and oxygen atoms in total. The topological polar surface area (TPSA) is 203 Å². The highest BCUT2D eigenvalue weighted by molar-refractivity contribution is 6.32. The summed E-state index contributed by atoms with van der Waals surface area (Å²) in [4.78, 5) is 65.4. The van der Waals surface area contributed by atoms with E-state index >= 15 is 0 Å². The molecule has 4 saturated heterocycles. The molecule has 0 unspecified atom stereocenters. The van der Waals surface area contributed by atoms with Gasteiger partial charge >= 0.3 is 0 Å². The number of anilines is 12. The van der Waals surface area contributed by atoms with E-state index in [-0.39, 0.29) is 11.6 Å². The van der Waals surface area contributed by atoms with Crippen LogP contribution >= 0.6 is 46.4 Å². The van der Waals surface area contributed by atoms with E-state index in [1.54, 1.807) is 24.5 Å². The summed E-state index contributed by atoms with van der Waals surface area (Å²) in [5.74, 6) is 3.34. The molecule has 28 heteroatoms. The van der Waals surface area contributed by atoms with Gasteiger partial charge in [-0.15, -0.1) is 0 Å². The molecular weight excluding hydrogens is 1810 g/mol. The van der Waals surface area contributed by atoms with Gasteiger partial charge in [-0.1, -0.05) is 96.6 Å². The van der Waals surface area contributed by atoms with Crippen molar-refractivity contribution >= 4 is 159 Å². The Bertz CT molecular complexity index is 6870. The number of benzene rings is 8. The summed E-state index contributed by atoms with van der Waals surface area (Å²) in [6, 6.07) is 74.8. The molecule has 0 atom stereocenters. The highest BCUT2D eigenvalue weighted by Gasteiger charge is 2.24. The predicted molar refractivity (Wildman–Crippen MR) is 566 cm³/mol. The summed E-state index contributed by atoms with van der Waals surface area (Å²) in [7, 11) is 4.27. The van der Waals surface area contributed by atoms with E-state index in [0.29, 0.717) is 56.9 Å². The SMILES string of the molecule is CCN1CCN(c2cccc(CCc3cccc(Nc4ccnc5cc(Cl)ccc45)c3)n2)CC1.CCN1CCN(c2nc(C)cc(CCc3cccc(Nc4ccnc5cc(Cl)ccc45)c3)n2)CC1.CN1CCN(c2cccc(CCc3cc(Nc4ccnc5cc(Cl)ccc45)ccc3F)n2)CC1.Cc1cc(CCc2cc(Nc3ccnc4cc(Cl)ccc34)ccc2F)nc(N2CCN(C)CC2)n1. The lowest BCUT2D eigenvalue weighted by atomic mass is 10.1. The van der Waals surface area contributed by atoms with Crippen molar-refractivity contribution < 1.29 is 8.78 Å². The van der Waals surface area contributed by atoms with Crippen molar-refractivity contribution in [3.63, 3.8) is 0 Å². The van der Waals surface area contributed by atoms with Crippen molar-refractivity contribution in [1.29, 1.82) is 0 Å². The molecule has 12 heterocycles. The maximum Gasteiger partial charge on any atom is 0.225 e. The van der Waals surface area contributed by atoms with Gasteiger partial charge in [0.25, 0.3) is 0 Å². The Morgan fingerprint density at radius 3 is 0.978 bits per heavy atom. The first-order chi connectivity index (χ1) is 67.2. The highest BCUT2D eigenvalue weighted by Crippen LogP contribution is 2.35. The molecule has 708 valence electrons. The zero-order chi connectivity index (χ0) is 95.4. The fourth-order valence-corrected chi connectivity index (χ4v) is 18.5. The number of nitrogens with zero attached hydrogens (tertiary/aromatic N) is 18. The average molecular weight is 1930 g/mol. The van der Waals surface area contributed by atoms with E-state index in [1.807, 2.05) is 147 Å². The van der Waals surface area contributed by atoms with Gasteiger partial charge < -0.3 is 60.5 Å². The van der Waals surface area contributed by atoms with Crippen LogP contribution in [0.5, 0.6) is 0 Å². The Labute approximate surface area is 826 Å². The molecule has 138 heavy (non-hydrogen) atoms. The summed E-state index contributed by atoms with van der Waals surface area (Å²) < 4.78 is 29.3. The molecule has 4 aliphatic rings. The number of piperazine rings is 4. The molecule has 8 aromatic heterocycles. The zero-order valence-electron chi connectivity index (χ0n) is 79.0. The molecule has 20 rings (SSSR count). The molecule has 0 amide bonds. The van der Waals surface area contributed by atoms with Crippen molar-refractivity contribution in [1.82, 2.24) is 69.4 Å². The number of likely N-dealkylation sites (N-methyl/N-ethyl adjacent to an activating group) is 4. The molecule has 0 aliphatic carbocycles. The van der Waals surface area contributed by atoms with Gasteiger partial charge in [0, 0.05) is 251 Å². The van der Waals surface area contributed by atoms with Crippen molar-refractivity contribution in [3.05, 3.63) is 343 Å². The lowest BCUT2D eigenvalue weighted by Gasteiger charge is -2.34. The van der Waals surface area contributed by atoms with Gasteiger partial charge in [-0.2, -0.15) is 0 Å². The second-order valence-corrected chi connectivity index (χ2v) is 37.3. The van der Waals surface area contributed by atoms with E-state index in [4.69, 9.17) is 71.3 Å². The number of fused-ring (bicyclic) bond motifs is 4. The van der Waals surface area contributed by atoms with E-state index < -0.39 is 0 Å². The number of aromatic nitrogens is 10. The van der Waals surface area contributed by atoms with Gasteiger partial charge in [0.05, 0.1) is 22.1 Å². The van der Waals surface area contributed by atoms with Gasteiger partial charge in [-0.25, -0.2) is 38.7 Å². The van der Waals surface area contributed by atoms with Crippen molar-refractivity contribution in [2.45, 2.75) is 79.1 Å². The van der Waals surface area contributed by atoms with Crippen molar-refractivity contribution in [2.75, 3.05) is 173 Å². The summed E-state index contributed by atoms with van der Waals surface area (Å²) in [6.45, 7) is 27.0. The second-order valence-electron chi connectivity index (χ2n) is 35.6. The molecule has 8 aromatic carbocycles. The second kappa shape index (κ2) is 46.5. The quantitative estimate of drug-likeness (QED) is 0.0398. The monoisotopic (exact) mass is 1920 g/mol. The van der Waals surface area contributed by atoms with Crippen LogP contribution < -0.4 is 40.9 Å². The highest BCUT2D eigenvalue weighted by atomic mass is 35.5. The number of nitrogens with one attached hydrogen (secondary N) is 4. The minimum atomic E-state index is -0.216. The number of hydrogen-bond acceptors (Lipinski definition) is 22. The molecule has 0 radical (unpaired) electrons. The maximum absolute atomic E-state index is 14.7. The summed E-state index contributed by atoms with van der Waals surface area (Å²) in [5.41, 5.74) is 21.0. The van der Waals surface area contributed by atoms with Crippen LogP contribution in [-0.4, -0.2) is 201 Å². The molecule has 0 spiro atoms. The van der Waals surface area contributed by atoms with E-state index in [0.717, 1.165) is 290 Å². The maximum atomic E-state index is 14.7. The number of hydrogen-bond donors (Lipinski definition) is 4. The molecule has 16 aromatic rings. The lowest BCUT2D eigenvalue weighted by molar-refractivity contribution is 0.270. The third-order valence-corrected chi connectivity index (χ3v) is 26.7. The molecule has 0 bridgehead atoms. The fraction of sp³-hybridized carbons (Fsp3) is 0.291. The number of aryl methyl sites for hydroxylation is 10. The molecule has 4 fully saturated rings. The van der Waals surface area contributed by atoms with Crippen LogP contribution in [0.2, 0.25) is 20.1 Å².